The number of nitrogens with zero attached hydrogens (tertiary/aromatic N) is 1. The summed E-state index contributed by atoms with van der Waals surface area (Å²) in [5.74, 6) is -2.75. The van der Waals surface area contributed by atoms with Gasteiger partial charge in [0.25, 0.3) is 10.0 Å². The molecule has 0 radical (unpaired) electrons. The maximum Gasteiger partial charge on any atom is 0.341 e. The SMILES string of the molecule is O=C(O)C=CC1=c2c(Cl)cc(Cl)cc2=NC1(C(=O)O)c1cccc(NS(=O)(=O)c2ccc(Cl)cc2)c1. The largest absolute Gasteiger partial charge is 0.479 e. The molecule has 0 saturated heterocycles. The van der Waals surface area contributed by atoms with Gasteiger partial charge in [0.05, 0.1) is 15.3 Å². The fourth-order valence-corrected chi connectivity index (χ4v) is 5.60. The van der Waals surface area contributed by atoms with E-state index in [9.17, 15) is 28.2 Å². The molecule has 0 aliphatic carbocycles. The van der Waals surface area contributed by atoms with Gasteiger partial charge in [0, 0.05) is 32.6 Å². The van der Waals surface area contributed by atoms with Crippen molar-refractivity contribution in [1.29, 1.82) is 0 Å². The highest BCUT2D eigenvalue weighted by Gasteiger charge is 2.46. The number of carboxylic acids is 2. The molecule has 1 atom stereocenters. The summed E-state index contributed by atoms with van der Waals surface area (Å²) in [6.07, 6.45) is 1.88. The van der Waals surface area contributed by atoms with Crippen LogP contribution < -0.4 is 15.3 Å². The number of aliphatic carboxylic acids is 2. The van der Waals surface area contributed by atoms with Crippen molar-refractivity contribution in [2.75, 3.05) is 4.72 Å². The Morgan fingerprint density at radius 3 is 2.28 bits per heavy atom. The van der Waals surface area contributed by atoms with Crippen molar-refractivity contribution >= 4 is 68.0 Å². The summed E-state index contributed by atoms with van der Waals surface area (Å²) < 4.78 is 28.1. The molecule has 0 fully saturated rings. The first-order chi connectivity index (χ1) is 16.9. The van der Waals surface area contributed by atoms with Gasteiger partial charge >= 0.3 is 11.9 Å². The Labute approximate surface area is 219 Å². The van der Waals surface area contributed by atoms with Crippen LogP contribution in [0.25, 0.3) is 5.57 Å². The zero-order valence-corrected chi connectivity index (χ0v) is 21.0. The molecule has 1 unspecified atom stereocenters. The van der Waals surface area contributed by atoms with E-state index in [1.807, 2.05) is 0 Å². The minimum atomic E-state index is -4.04. The highest BCUT2D eigenvalue weighted by Crippen LogP contribution is 2.39. The Hall–Kier alpha value is -3.37. The number of sulfonamides is 1. The van der Waals surface area contributed by atoms with Crippen LogP contribution in [0.2, 0.25) is 15.1 Å². The predicted molar refractivity (Wildman–Crippen MR) is 135 cm³/mol. The van der Waals surface area contributed by atoms with Crippen LogP contribution in [0.15, 0.2) is 82.7 Å². The molecule has 0 saturated carbocycles. The van der Waals surface area contributed by atoms with Gasteiger partial charge in [0.2, 0.25) is 5.54 Å². The molecule has 184 valence electrons. The molecule has 3 N–H and O–H groups in total. The molecule has 12 heteroatoms. The second kappa shape index (κ2) is 9.59. The van der Waals surface area contributed by atoms with Crippen LogP contribution in [0.5, 0.6) is 0 Å². The summed E-state index contributed by atoms with van der Waals surface area (Å²) in [5.41, 5.74) is -2.05. The molecule has 1 heterocycles. The Morgan fingerprint density at radius 2 is 1.64 bits per heavy atom. The summed E-state index contributed by atoms with van der Waals surface area (Å²) in [4.78, 5) is 28.4. The van der Waals surface area contributed by atoms with Gasteiger partial charge in [-0.3, -0.25) is 9.71 Å². The van der Waals surface area contributed by atoms with Crippen LogP contribution in [0, 0.1) is 0 Å². The van der Waals surface area contributed by atoms with E-state index in [1.54, 1.807) is 0 Å². The van der Waals surface area contributed by atoms with Gasteiger partial charge in [-0.05, 0) is 60.2 Å². The van der Waals surface area contributed by atoms with Crippen molar-refractivity contribution in [3.63, 3.8) is 0 Å². The third kappa shape index (κ3) is 4.70. The maximum atomic E-state index is 12.9. The monoisotopic (exact) mass is 564 g/mol. The highest BCUT2D eigenvalue weighted by molar-refractivity contribution is 7.92. The number of benzene rings is 3. The number of carbonyl (C=O) groups is 2. The molecule has 3 aromatic rings. The van der Waals surface area contributed by atoms with Gasteiger partial charge in [-0.2, -0.15) is 0 Å². The lowest BCUT2D eigenvalue weighted by atomic mass is 9.83. The van der Waals surface area contributed by atoms with E-state index in [0.717, 1.165) is 12.2 Å². The molecule has 1 aliphatic heterocycles. The second-order valence-corrected chi connectivity index (χ2v) is 10.6. The predicted octanol–water partition coefficient (Wildman–Crippen LogP) is 3.85. The van der Waals surface area contributed by atoms with E-state index in [2.05, 4.69) is 9.71 Å². The normalized spacial score (nSPS) is 17.0. The highest BCUT2D eigenvalue weighted by atomic mass is 35.5. The van der Waals surface area contributed by atoms with Crippen molar-refractivity contribution in [1.82, 2.24) is 0 Å². The van der Waals surface area contributed by atoms with Crippen LogP contribution in [-0.4, -0.2) is 30.6 Å². The van der Waals surface area contributed by atoms with Crippen LogP contribution in [0.4, 0.5) is 5.69 Å². The number of anilines is 1. The summed E-state index contributed by atoms with van der Waals surface area (Å²) in [6, 6.07) is 13.9. The smallest absolute Gasteiger partial charge is 0.341 e. The van der Waals surface area contributed by atoms with Crippen LogP contribution in [0.3, 0.4) is 0 Å². The average Bonchev–Trinajstić information content (AvgIpc) is 3.13. The molecule has 3 aromatic carbocycles. The van der Waals surface area contributed by atoms with Gasteiger partial charge in [-0.15, -0.1) is 0 Å². The Bertz CT molecular complexity index is 1670. The summed E-state index contributed by atoms with van der Waals surface area (Å²) in [6.45, 7) is 0. The fourth-order valence-electron chi connectivity index (χ4n) is 3.84. The number of carboxylic acid groups (broad SMARTS) is 2. The third-order valence-electron chi connectivity index (χ3n) is 5.34. The van der Waals surface area contributed by atoms with Crippen molar-refractivity contribution in [2.45, 2.75) is 10.4 Å². The van der Waals surface area contributed by atoms with Crippen molar-refractivity contribution in [2.24, 2.45) is 4.99 Å². The van der Waals surface area contributed by atoms with Crippen LogP contribution >= 0.6 is 34.8 Å². The summed E-state index contributed by atoms with van der Waals surface area (Å²) >= 11 is 18.3. The van der Waals surface area contributed by atoms with Crippen molar-refractivity contribution in [3.8, 4) is 0 Å². The standard InChI is InChI=1S/C24H15Cl3N2O6S/c25-14-4-6-17(7-5-14)36(34,35)29-16-3-1-2-13(10-16)24(23(32)33)18(8-9-21(30)31)22-19(27)11-15(26)12-20(22)28-24/h1-12,29H,(H,30,31)(H,32,33). The minimum Gasteiger partial charge on any atom is -0.479 e. The lowest BCUT2D eigenvalue weighted by molar-refractivity contribution is -0.141. The van der Waals surface area contributed by atoms with Gasteiger partial charge < -0.3 is 10.2 Å². The quantitative estimate of drug-likeness (QED) is 0.373. The van der Waals surface area contributed by atoms with Gasteiger partial charge in [-0.1, -0.05) is 46.9 Å². The van der Waals surface area contributed by atoms with Gasteiger partial charge in [0.1, 0.15) is 0 Å². The van der Waals surface area contributed by atoms with Crippen LogP contribution in [0.1, 0.15) is 5.56 Å². The Balaban J connectivity index is 1.91. The number of hydrogen-bond acceptors (Lipinski definition) is 5. The lowest BCUT2D eigenvalue weighted by Crippen LogP contribution is -2.35. The zero-order valence-electron chi connectivity index (χ0n) is 17.9. The van der Waals surface area contributed by atoms with E-state index in [-0.39, 0.29) is 42.3 Å². The molecule has 0 aromatic heterocycles. The Morgan fingerprint density at radius 1 is 0.944 bits per heavy atom. The molecular formula is C24H15Cl3N2O6S. The maximum absolute atomic E-state index is 12.9. The molecule has 1 aliphatic rings. The molecule has 0 amide bonds. The topological polar surface area (TPSA) is 133 Å². The first kappa shape index (κ1) is 25.7. The van der Waals surface area contributed by atoms with E-state index >= 15 is 0 Å². The van der Waals surface area contributed by atoms with Gasteiger partial charge in [-0.25, -0.2) is 18.0 Å². The minimum absolute atomic E-state index is 0.0215. The zero-order chi connectivity index (χ0) is 26.3. The van der Waals surface area contributed by atoms with Crippen molar-refractivity contribution in [3.05, 3.63) is 104 Å². The summed E-state index contributed by atoms with van der Waals surface area (Å²) in [5, 5.41) is 20.6. The molecule has 36 heavy (non-hydrogen) atoms. The second-order valence-electron chi connectivity index (χ2n) is 7.63. The first-order valence-electron chi connectivity index (χ1n) is 10.1. The number of rotatable bonds is 7. The molecular weight excluding hydrogens is 551 g/mol. The Kier molecular flexibility index (Phi) is 6.85. The van der Waals surface area contributed by atoms with Crippen molar-refractivity contribution < 1.29 is 28.2 Å². The number of fused-ring (bicyclic) bond motifs is 1. The average molecular weight is 566 g/mol. The number of hydrogen-bond donors (Lipinski definition) is 3. The van der Waals surface area contributed by atoms with E-state index in [4.69, 9.17) is 34.8 Å². The fraction of sp³-hybridized carbons (Fsp3) is 0.0417. The van der Waals surface area contributed by atoms with Crippen LogP contribution in [-0.2, 0) is 25.2 Å². The number of nitrogens with one attached hydrogen (secondary N) is 1. The van der Waals surface area contributed by atoms with Gasteiger partial charge in [0.15, 0.2) is 0 Å². The first-order valence-corrected chi connectivity index (χ1v) is 12.7. The lowest BCUT2D eigenvalue weighted by Gasteiger charge is -2.25. The molecule has 0 bridgehead atoms. The van der Waals surface area contributed by atoms with E-state index in [1.165, 1.54) is 60.7 Å². The molecule has 4 rings (SSSR count). The summed E-state index contributed by atoms with van der Waals surface area (Å²) in [7, 11) is -4.04. The molecule has 0 spiro atoms. The van der Waals surface area contributed by atoms with E-state index < -0.39 is 27.5 Å². The number of halogens is 3. The third-order valence-corrected chi connectivity index (χ3v) is 7.51. The van der Waals surface area contributed by atoms with E-state index in [0.29, 0.717) is 5.02 Å². The molecule has 8 nitrogen and oxygen atoms in total.